The highest BCUT2D eigenvalue weighted by Gasteiger charge is 2.47. The van der Waals surface area contributed by atoms with E-state index in [1.165, 1.54) is 0 Å². The summed E-state index contributed by atoms with van der Waals surface area (Å²) < 4.78 is 21.6. The van der Waals surface area contributed by atoms with Crippen LogP contribution in [-0.2, 0) is 13.6 Å². The Balaban J connectivity index is 2.25. The van der Waals surface area contributed by atoms with Crippen LogP contribution in [0.2, 0.25) is 0 Å². The second-order valence-electron chi connectivity index (χ2n) is 5.08. The molecule has 2 unspecified atom stereocenters. The van der Waals surface area contributed by atoms with E-state index >= 15 is 0 Å². The van der Waals surface area contributed by atoms with Gasteiger partial charge in [0.1, 0.15) is 0 Å². The summed E-state index contributed by atoms with van der Waals surface area (Å²) in [6.07, 6.45) is 5.95. The first-order valence-electron chi connectivity index (χ1n) is 5.50. The Labute approximate surface area is 106 Å². The number of halogens is 1. The van der Waals surface area contributed by atoms with Crippen LogP contribution in [-0.4, -0.2) is 17.6 Å². The predicted molar refractivity (Wildman–Crippen MR) is 65.6 cm³/mol. The Morgan fingerprint density at radius 2 is 2.29 bits per heavy atom. The Bertz CT molecular complexity index is 416. The first-order chi connectivity index (χ1) is 7.82. The summed E-state index contributed by atoms with van der Waals surface area (Å²) in [6, 6.07) is 0. The van der Waals surface area contributed by atoms with Crippen molar-refractivity contribution in [1.29, 1.82) is 0 Å². The number of hydrogen-bond donors (Lipinski definition) is 1. The highest BCUT2D eigenvalue weighted by molar-refractivity contribution is 7.47. The van der Waals surface area contributed by atoms with Gasteiger partial charge in [-0.3, -0.25) is 9.05 Å². The molecule has 1 saturated heterocycles. The van der Waals surface area contributed by atoms with Crippen molar-refractivity contribution in [3.05, 3.63) is 23.3 Å². The molecule has 1 heterocycles. The molecule has 2 rings (SSSR count). The van der Waals surface area contributed by atoms with Gasteiger partial charge in [-0.1, -0.05) is 37.6 Å². The third-order valence-corrected chi connectivity index (χ3v) is 4.47. The topological polar surface area (TPSA) is 55.8 Å². The maximum Gasteiger partial charge on any atom is 0.472 e. The standard InChI is InChI=1S/C11H16ClO4P/c1-11(2)7-15-17(13,14)16-10(11)8-5-3-4-6-9(8)12/h3-4,6,8,10H,5,7H2,1-2H3,(H,13,14)/t8?,10-/m0/s1. The van der Waals surface area contributed by atoms with Crippen LogP contribution in [0.15, 0.2) is 23.3 Å². The average Bonchev–Trinajstić information content (AvgIpc) is 2.23. The summed E-state index contributed by atoms with van der Waals surface area (Å²) in [5.74, 6) is -0.0824. The van der Waals surface area contributed by atoms with Crippen LogP contribution in [0.3, 0.4) is 0 Å². The third-order valence-electron chi connectivity index (χ3n) is 3.12. The fraction of sp³-hybridized carbons (Fsp3) is 0.636. The quantitative estimate of drug-likeness (QED) is 0.748. The van der Waals surface area contributed by atoms with Gasteiger partial charge in [-0.05, 0) is 12.5 Å². The van der Waals surface area contributed by atoms with E-state index < -0.39 is 13.9 Å². The lowest BCUT2D eigenvalue weighted by atomic mass is 9.78. The van der Waals surface area contributed by atoms with Crippen molar-refractivity contribution < 1.29 is 18.5 Å². The van der Waals surface area contributed by atoms with Gasteiger partial charge in [0.2, 0.25) is 0 Å². The van der Waals surface area contributed by atoms with Gasteiger partial charge >= 0.3 is 7.82 Å². The zero-order chi connectivity index (χ0) is 12.7. The van der Waals surface area contributed by atoms with Crippen LogP contribution in [0, 0.1) is 11.3 Å². The van der Waals surface area contributed by atoms with E-state index in [0.29, 0.717) is 11.5 Å². The molecular weight excluding hydrogens is 263 g/mol. The minimum Gasteiger partial charge on any atom is -0.302 e. The number of allylic oxidation sites excluding steroid dienone is 3. The molecule has 0 saturated carbocycles. The Morgan fingerprint density at radius 1 is 1.59 bits per heavy atom. The van der Waals surface area contributed by atoms with Crippen molar-refractivity contribution in [2.24, 2.45) is 11.3 Å². The summed E-state index contributed by atoms with van der Waals surface area (Å²) >= 11 is 6.15. The van der Waals surface area contributed by atoms with Crippen LogP contribution in [0.4, 0.5) is 0 Å². The summed E-state index contributed by atoms with van der Waals surface area (Å²) in [7, 11) is -3.93. The van der Waals surface area contributed by atoms with Gasteiger partial charge in [-0.2, -0.15) is 0 Å². The molecule has 0 amide bonds. The van der Waals surface area contributed by atoms with Crippen LogP contribution >= 0.6 is 19.4 Å². The molecule has 0 bridgehead atoms. The van der Waals surface area contributed by atoms with Crippen LogP contribution in [0.5, 0.6) is 0 Å². The lowest BCUT2D eigenvalue weighted by molar-refractivity contribution is -0.0643. The SMILES string of the molecule is CC1(C)COP(=O)(O)O[C@H]1C1CC=CC=C1Cl. The molecule has 1 aliphatic carbocycles. The van der Waals surface area contributed by atoms with Crippen molar-refractivity contribution in [1.82, 2.24) is 0 Å². The number of hydrogen-bond acceptors (Lipinski definition) is 3. The van der Waals surface area contributed by atoms with Gasteiger partial charge in [0, 0.05) is 16.4 Å². The highest BCUT2D eigenvalue weighted by atomic mass is 35.5. The first-order valence-corrected chi connectivity index (χ1v) is 7.37. The molecule has 1 N–H and O–H groups in total. The fourth-order valence-corrected chi connectivity index (χ4v) is 3.71. The maximum absolute atomic E-state index is 11.5. The van der Waals surface area contributed by atoms with Crippen LogP contribution in [0.1, 0.15) is 20.3 Å². The second-order valence-corrected chi connectivity index (χ2v) is 6.92. The van der Waals surface area contributed by atoms with E-state index in [4.69, 9.17) is 20.6 Å². The van der Waals surface area contributed by atoms with Gasteiger partial charge in [0.15, 0.2) is 0 Å². The zero-order valence-electron chi connectivity index (χ0n) is 9.80. The smallest absolute Gasteiger partial charge is 0.302 e. The van der Waals surface area contributed by atoms with E-state index in [1.54, 1.807) is 6.08 Å². The average molecular weight is 279 g/mol. The highest BCUT2D eigenvalue weighted by Crippen LogP contribution is 2.56. The molecule has 0 aromatic carbocycles. The molecule has 1 aliphatic heterocycles. The molecule has 1 fully saturated rings. The van der Waals surface area contributed by atoms with Gasteiger partial charge in [-0.25, -0.2) is 4.57 Å². The molecule has 0 spiro atoms. The molecule has 2 aliphatic rings. The van der Waals surface area contributed by atoms with E-state index in [9.17, 15) is 9.46 Å². The monoisotopic (exact) mass is 278 g/mol. The minimum atomic E-state index is -3.93. The van der Waals surface area contributed by atoms with Crippen molar-refractivity contribution >= 4 is 19.4 Å². The fourth-order valence-electron chi connectivity index (χ4n) is 2.15. The van der Waals surface area contributed by atoms with Crippen molar-refractivity contribution in [3.63, 3.8) is 0 Å². The van der Waals surface area contributed by atoms with E-state index in [0.717, 1.165) is 0 Å². The predicted octanol–water partition coefficient (Wildman–Crippen LogP) is 3.23. The third kappa shape index (κ3) is 2.83. The summed E-state index contributed by atoms with van der Waals surface area (Å²) in [6.45, 7) is 4.08. The molecular formula is C11H16ClO4P. The van der Waals surface area contributed by atoms with Gasteiger partial charge in [0.05, 0.1) is 12.7 Å². The molecule has 17 heavy (non-hydrogen) atoms. The van der Waals surface area contributed by atoms with Gasteiger partial charge in [0.25, 0.3) is 0 Å². The summed E-state index contributed by atoms with van der Waals surface area (Å²) in [5.41, 5.74) is -0.347. The van der Waals surface area contributed by atoms with E-state index in [1.807, 2.05) is 26.0 Å². The molecule has 4 nitrogen and oxygen atoms in total. The molecule has 6 heteroatoms. The zero-order valence-corrected chi connectivity index (χ0v) is 11.4. The van der Waals surface area contributed by atoms with Gasteiger partial charge < -0.3 is 4.89 Å². The maximum atomic E-state index is 11.5. The summed E-state index contributed by atoms with van der Waals surface area (Å²) in [5, 5.41) is 0.660. The van der Waals surface area contributed by atoms with E-state index in [-0.39, 0.29) is 17.9 Å². The van der Waals surface area contributed by atoms with Crippen molar-refractivity contribution in [3.8, 4) is 0 Å². The Kier molecular flexibility index (Phi) is 3.54. The number of phosphoric ester groups is 1. The first kappa shape index (κ1) is 13.3. The molecule has 0 radical (unpaired) electrons. The second kappa shape index (κ2) is 4.52. The number of phosphoric acid groups is 1. The minimum absolute atomic E-state index is 0.0824. The van der Waals surface area contributed by atoms with Crippen LogP contribution < -0.4 is 0 Å². The Morgan fingerprint density at radius 3 is 2.94 bits per heavy atom. The normalized spacial score (nSPS) is 41.1. The number of rotatable bonds is 1. The molecule has 0 aromatic heterocycles. The van der Waals surface area contributed by atoms with E-state index in [2.05, 4.69) is 0 Å². The molecule has 96 valence electrons. The lowest BCUT2D eigenvalue weighted by Gasteiger charge is -2.43. The van der Waals surface area contributed by atoms with Crippen LogP contribution in [0.25, 0.3) is 0 Å². The lowest BCUT2D eigenvalue weighted by Crippen LogP contribution is -2.44. The Hall–Kier alpha value is -0.120. The van der Waals surface area contributed by atoms with Crippen molar-refractivity contribution in [2.75, 3.05) is 6.61 Å². The van der Waals surface area contributed by atoms with Crippen molar-refractivity contribution in [2.45, 2.75) is 26.4 Å². The molecule has 0 aromatic rings. The van der Waals surface area contributed by atoms with Gasteiger partial charge in [-0.15, -0.1) is 0 Å². The largest absolute Gasteiger partial charge is 0.472 e. The molecule has 3 atom stereocenters. The summed E-state index contributed by atoms with van der Waals surface area (Å²) in [4.78, 5) is 9.42.